The molecule has 1 aliphatic rings. The molecule has 3 nitrogen and oxygen atoms in total. The second kappa shape index (κ2) is 6.88. The van der Waals surface area contributed by atoms with Gasteiger partial charge in [0.2, 0.25) is 0 Å². The summed E-state index contributed by atoms with van der Waals surface area (Å²) in [6, 6.07) is 12.0. The first-order valence-electron chi connectivity index (χ1n) is 9.77. The van der Waals surface area contributed by atoms with Gasteiger partial charge in [0.1, 0.15) is 11.5 Å². The van der Waals surface area contributed by atoms with Crippen LogP contribution in [0.2, 0.25) is 0 Å². The first kappa shape index (κ1) is 19.8. The third kappa shape index (κ3) is 3.71. The SMILES string of the molecule is Cc1ccc(C(=O)C2C[N+](C)(C)CCC2(O)c2ccc(C)c(C)c2)cc1C. The molecule has 1 heterocycles. The number of aryl methyl sites for hydroxylation is 4. The summed E-state index contributed by atoms with van der Waals surface area (Å²) in [6.45, 7) is 9.69. The summed E-state index contributed by atoms with van der Waals surface area (Å²) in [7, 11) is 4.28. The second-order valence-corrected chi connectivity index (χ2v) is 9.03. The van der Waals surface area contributed by atoms with Crippen molar-refractivity contribution in [2.45, 2.75) is 39.7 Å². The number of likely N-dealkylation sites (tertiary alicyclic amines) is 1. The van der Waals surface area contributed by atoms with Crippen molar-refractivity contribution in [2.75, 3.05) is 27.2 Å². The number of rotatable bonds is 3. The van der Waals surface area contributed by atoms with Gasteiger partial charge >= 0.3 is 0 Å². The van der Waals surface area contributed by atoms with E-state index < -0.39 is 11.5 Å². The van der Waals surface area contributed by atoms with Gasteiger partial charge in [0.25, 0.3) is 0 Å². The van der Waals surface area contributed by atoms with Crippen molar-refractivity contribution in [2.24, 2.45) is 5.92 Å². The Morgan fingerprint density at radius 2 is 1.56 bits per heavy atom. The largest absolute Gasteiger partial charge is 0.384 e. The molecule has 1 N–H and O–H groups in total. The number of quaternary nitrogens is 1. The monoisotopic (exact) mass is 366 g/mol. The third-order valence-electron chi connectivity index (χ3n) is 6.47. The van der Waals surface area contributed by atoms with Crippen molar-refractivity contribution < 1.29 is 14.4 Å². The Balaban J connectivity index is 2.07. The van der Waals surface area contributed by atoms with Crippen LogP contribution in [0.1, 0.15) is 44.6 Å². The summed E-state index contributed by atoms with van der Waals surface area (Å²) < 4.78 is 0.744. The molecular formula is C24H32NO2+. The Bertz CT molecular complexity index is 884. The highest BCUT2D eigenvalue weighted by Gasteiger charge is 2.50. The van der Waals surface area contributed by atoms with E-state index in [2.05, 4.69) is 47.0 Å². The van der Waals surface area contributed by atoms with Crippen LogP contribution in [0.4, 0.5) is 0 Å². The number of ketones is 1. The van der Waals surface area contributed by atoms with Gasteiger partial charge in [-0.05, 0) is 61.6 Å². The van der Waals surface area contributed by atoms with Gasteiger partial charge in [0.15, 0.2) is 5.78 Å². The molecule has 2 unspecified atom stereocenters. The maximum atomic E-state index is 13.5. The average molecular weight is 367 g/mol. The van der Waals surface area contributed by atoms with Crippen LogP contribution in [0, 0.1) is 33.6 Å². The van der Waals surface area contributed by atoms with Gasteiger partial charge in [-0.2, -0.15) is 0 Å². The zero-order chi connectivity index (χ0) is 20.0. The molecular weight excluding hydrogens is 334 g/mol. The number of nitrogens with zero attached hydrogens (tertiary/aromatic N) is 1. The normalized spacial score (nSPS) is 24.6. The Labute approximate surface area is 163 Å². The van der Waals surface area contributed by atoms with Gasteiger partial charge in [-0.1, -0.05) is 30.3 Å². The van der Waals surface area contributed by atoms with E-state index in [9.17, 15) is 9.90 Å². The van der Waals surface area contributed by atoms with Crippen LogP contribution in [0.3, 0.4) is 0 Å². The first-order valence-corrected chi connectivity index (χ1v) is 9.77. The lowest BCUT2D eigenvalue weighted by atomic mass is 9.71. The highest BCUT2D eigenvalue weighted by Crippen LogP contribution is 2.41. The van der Waals surface area contributed by atoms with Gasteiger partial charge in [-0.15, -0.1) is 0 Å². The van der Waals surface area contributed by atoms with Crippen LogP contribution in [0.5, 0.6) is 0 Å². The molecule has 27 heavy (non-hydrogen) atoms. The molecule has 0 amide bonds. The Morgan fingerprint density at radius 3 is 2.15 bits per heavy atom. The van der Waals surface area contributed by atoms with Crippen molar-refractivity contribution in [3.8, 4) is 0 Å². The van der Waals surface area contributed by atoms with E-state index in [1.54, 1.807) is 0 Å². The van der Waals surface area contributed by atoms with Crippen LogP contribution in [-0.2, 0) is 5.60 Å². The van der Waals surface area contributed by atoms with Crippen LogP contribution in [-0.4, -0.2) is 42.6 Å². The molecule has 0 bridgehead atoms. The number of benzene rings is 2. The number of hydrogen-bond acceptors (Lipinski definition) is 2. The number of aliphatic hydroxyl groups is 1. The molecule has 1 aliphatic heterocycles. The van der Waals surface area contributed by atoms with Crippen molar-refractivity contribution in [3.05, 3.63) is 69.8 Å². The Hall–Kier alpha value is -1.97. The van der Waals surface area contributed by atoms with E-state index in [1.807, 2.05) is 31.2 Å². The molecule has 0 aliphatic carbocycles. The fourth-order valence-electron chi connectivity index (χ4n) is 4.14. The molecule has 3 heteroatoms. The van der Waals surface area contributed by atoms with Crippen LogP contribution in [0.25, 0.3) is 0 Å². The van der Waals surface area contributed by atoms with Crippen LogP contribution >= 0.6 is 0 Å². The zero-order valence-corrected chi connectivity index (χ0v) is 17.5. The lowest BCUT2D eigenvalue weighted by Crippen LogP contribution is -2.59. The van der Waals surface area contributed by atoms with Crippen molar-refractivity contribution >= 4 is 5.78 Å². The minimum absolute atomic E-state index is 0.0460. The fraction of sp³-hybridized carbons (Fsp3) is 0.458. The van der Waals surface area contributed by atoms with E-state index in [0.717, 1.165) is 27.7 Å². The Kier molecular flexibility index (Phi) is 5.04. The van der Waals surface area contributed by atoms with Gasteiger partial charge < -0.3 is 9.59 Å². The molecule has 144 valence electrons. The lowest BCUT2D eigenvalue weighted by molar-refractivity contribution is -0.900. The summed E-state index contributed by atoms with van der Waals surface area (Å²) >= 11 is 0. The molecule has 0 spiro atoms. The maximum Gasteiger partial charge on any atom is 0.174 e. The average Bonchev–Trinajstić information content (AvgIpc) is 2.61. The van der Waals surface area contributed by atoms with E-state index in [-0.39, 0.29) is 5.78 Å². The smallest absolute Gasteiger partial charge is 0.174 e. The quantitative estimate of drug-likeness (QED) is 0.656. The molecule has 1 saturated heterocycles. The second-order valence-electron chi connectivity index (χ2n) is 9.03. The molecule has 2 atom stereocenters. The number of hydrogen-bond donors (Lipinski definition) is 1. The summed E-state index contributed by atoms with van der Waals surface area (Å²) in [4.78, 5) is 13.5. The molecule has 0 aromatic heterocycles. The molecule has 2 aromatic rings. The van der Waals surface area contributed by atoms with E-state index >= 15 is 0 Å². The van der Waals surface area contributed by atoms with Crippen LogP contribution in [0.15, 0.2) is 36.4 Å². The minimum Gasteiger partial charge on any atom is -0.384 e. The zero-order valence-electron chi connectivity index (χ0n) is 17.5. The van der Waals surface area contributed by atoms with Gasteiger partial charge in [-0.25, -0.2) is 0 Å². The highest BCUT2D eigenvalue weighted by molar-refractivity contribution is 5.99. The van der Waals surface area contributed by atoms with Crippen molar-refractivity contribution in [1.29, 1.82) is 0 Å². The topological polar surface area (TPSA) is 37.3 Å². The van der Waals surface area contributed by atoms with Crippen LogP contribution < -0.4 is 0 Å². The molecule has 1 fully saturated rings. The van der Waals surface area contributed by atoms with Gasteiger partial charge in [0.05, 0.1) is 27.2 Å². The highest BCUT2D eigenvalue weighted by atomic mass is 16.3. The molecule has 0 radical (unpaired) electrons. The van der Waals surface area contributed by atoms with E-state index in [1.165, 1.54) is 11.1 Å². The molecule has 3 rings (SSSR count). The molecule has 0 saturated carbocycles. The van der Waals surface area contributed by atoms with E-state index in [0.29, 0.717) is 18.5 Å². The summed E-state index contributed by atoms with van der Waals surface area (Å²) in [5.74, 6) is -0.407. The number of carbonyl (C=O) groups excluding carboxylic acids is 1. The fourth-order valence-corrected chi connectivity index (χ4v) is 4.14. The summed E-state index contributed by atoms with van der Waals surface area (Å²) in [6.07, 6.45) is 0.587. The standard InChI is InChI=1S/C24H32NO2/c1-16-7-9-20(13-18(16)3)23(26)22-15-25(5,6)12-11-24(22,27)21-10-8-17(2)19(4)14-21/h7-10,13-14,22,27H,11-12,15H2,1-6H3/q+1. The van der Waals surface area contributed by atoms with Gasteiger partial charge in [-0.3, -0.25) is 4.79 Å². The number of Topliss-reactive ketones (excluding diaryl/α,β-unsaturated/α-hetero) is 1. The first-order chi connectivity index (χ1) is 12.5. The summed E-state index contributed by atoms with van der Waals surface area (Å²) in [5.41, 5.74) is 5.08. The van der Waals surface area contributed by atoms with E-state index in [4.69, 9.17) is 0 Å². The lowest BCUT2D eigenvalue weighted by Gasteiger charge is -2.47. The number of piperidine rings is 1. The Morgan fingerprint density at radius 1 is 0.963 bits per heavy atom. The minimum atomic E-state index is -1.12. The third-order valence-corrected chi connectivity index (χ3v) is 6.47. The molecule has 2 aromatic carbocycles. The summed E-state index contributed by atoms with van der Waals surface area (Å²) in [5, 5.41) is 11.8. The van der Waals surface area contributed by atoms with Crippen molar-refractivity contribution in [1.82, 2.24) is 0 Å². The van der Waals surface area contributed by atoms with Crippen molar-refractivity contribution in [3.63, 3.8) is 0 Å². The van der Waals surface area contributed by atoms with Gasteiger partial charge in [0, 0.05) is 12.0 Å². The number of carbonyl (C=O) groups is 1. The maximum absolute atomic E-state index is 13.5. The predicted octanol–water partition coefficient (Wildman–Crippen LogP) is 4.09. The predicted molar refractivity (Wildman–Crippen MR) is 110 cm³/mol.